The van der Waals surface area contributed by atoms with Crippen LogP contribution in [0.25, 0.3) is 0 Å². The number of rotatable bonds is 4. The zero-order valence-corrected chi connectivity index (χ0v) is 12.0. The van der Waals surface area contributed by atoms with Gasteiger partial charge < -0.3 is 55.1 Å². The van der Waals surface area contributed by atoms with Crippen molar-refractivity contribution in [3.05, 3.63) is 0 Å². The average Bonchev–Trinajstić information content (AvgIpc) is 2.55. The van der Waals surface area contributed by atoms with Gasteiger partial charge in [-0.15, -0.1) is 0 Å². The third-order valence-corrected chi connectivity index (χ3v) is 3.97. The van der Waals surface area contributed by atoms with Gasteiger partial charge in [-0.3, -0.25) is 0 Å². The fraction of sp³-hybridized carbons (Fsp3) is 1.00. The number of hydrogen-bond donors (Lipinski definition) is 8. The van der Waals surface area contributed by atoms with E-state index in [4.69, 9.17) is 24.4 Å². The maximum absolute atomic E-state index is 9.84. The van der Waals surface area contributed by atoms with E-state index in [1.54, 1.807) is 0 Å². The maximum Gasteiger partial charge on any atom is 0.189 e. The van der Waals surface area contributed by atoms with Crippen LogP contribution in [0, 0.1) is 0 Å². The summed E-state index contributed by atoms with van der Waals surface area (Å²) in [4.78, 5) is 0. The molecule has 23 heavy (non-hydrogen) atoms. The topological polar surface area (TPSA) is 190 Å². The standard InChI is InChI=1S/C12H22O11/c13-1-3-5(15)7(17)9(19)11(21-3)23-12-10(20)8(18)6(16)4(2-14)22-12/h3-20H,1-2H2/t3-,4?,5-,6?,7+,8?,9-,10?,11+,12?/m1/s1. The molecular formula is C12H22O11. The minimum absolute atomic E-state index is 0.667. The van der Waals surface area contributed by atoms with E-state index in [2.05, 4.69) is 0 Å². The molecule has 8 N–H and O–H groups in total. The molecule has 2 rings (SSSR count). The number of hydrogen-bond acceptors (Lipinski definition) is 11. The molecule has 0 aromatic heterocycles. The second-order valence-electron chi connectivity index (χ2n) is 5.53. The van der Waals surface area contributed by atoms with Crippen molar-refractivity contribution in [2.75, 3.05) is 13.2 Å². The van der Waals surface area contributed by atoms with Crippen LogP contribution in [0.2, 0.25) is 0 Å². The number of aliphatic hydroxyl groups excluding tert-OH is 8. The summed E-state index contributed by atoms with van der Waals surface area (Å²) in [6, 6.07) is 0. The van der Waals surface area contributed by atoms with Crippen LogP contribution in [0.1, 0.15) is 0 Å². The van der Waals surface area contributed by atoms with Crippen LogP contribution >= 0.6 is 0 Å². The van der Waals surface area contributed by atoms with Crippen LogP contribution < -0.4 is 0 Å². The summed E-state index contributed by atoms with van der Waals surface area (Å²) in [5, 5.41) is 76.4. The summed E-state index contributed by atoms with van der Waals surface area (Å²) in [5.74, 6) is 0. The molecule has 2 saturated heterocycles. The van der Waals surface area contributed by atoms with Crippen molar-refractivity contribution in [3.8, 4) is 0 Å². The Balaban J connectivity index is 2.07. The van der Waals surface area contributed by atoms with Crippen molar-refractivity contribution >= 4 is 0 Å². The van der Waals surface area contributed by atoms with Crippen molar-refractivity contribution in [3.63, 3.8) is 0 Å². The molecule has 0 amide bonds. The van der Waals surface area contributed by atoms with Crippen LogP contribution in [0.4, 0.5) is 0 Å². The highest BCUT2D eigenvalue weighted by Gasteiger charge is 2.49. The Hall–Kier alpha value is -0.440. The predicted octanol–water partition coefficient (Wildman–Crippen LogP) is -5.40. The van der Waals surface area contributed by atoms with Crippen LogP contribution in [-0.4, -0.2) is 115 Å². The van der Waals surface area contributed by atoms with Crippen molar-refractivity contribution < 1.29 is 55.1 Å². The minimum atomic E-state index is -1.72. The lowest BCUT2D eigenvalue weighted by Crippen LogP contribution is -2.63. The van der Waals surface area contributed by atoms with Gasteiger partial charge in [-0.2, -0.15) is 0 Å². The Bertz CT molecular complexity index is 344. The Labute approximate surface area is 130 Å². The quantitative estimate of drug-likeness (QED) is 0.243. The molecule has 10 atom stereocenters. The minimum Gasteiger partial charge on any atom is -0.394 e. The molecule has 2 aliphatic heterocycles. The fourth-order valence-corrected chi connectivity index (χ4v) is 2.49. The summed E-state index contributed by atoms with van der Waals surface area (Å²) < 4.78 is 15.3. The normalized spacial score (nSPS) is 51.7. The van der Waals surface area contributed by atoms with Gasteiger partial charge >= 0.3 is 0 Å². The number of aliphatic hydroxyl groups is 8. The lowest BCUT2D eigenvalue weighted by Gasteiger charge is -2.44. The third kappa shape index (κ3) is 3.65. The van der Waals surface area contributed by atoms with Gasteiger partial charge in [0, 0.05) is 0 Å². The second kappa shape index (κ2) is 7.63. The molecule has 2 aliphatic rings. The Morgan fingerprint density at radius 3 is 1.22 bits per heavy atom. The Morgan fingerprint density at radius 2 is 0.913 bits per heavy atom. The molecule has 0 spiro atoms. The Kier molecular flexibility index (Phi) is 6.27. The molecule has 11 heteroatoms. The van der Waals surface area contributed by atoms with E-state index in [0.29, 0.717) is 0 Å². The van der Waals surface area contributed by atoms with Crippen LogP contribution in [-0.2, 0) is 14.2 Å². The van der Waals surface area contributed by atoms with Crippen LogP contribution in [0.3, 0.4) is 0 Å². The predicted molar refractivity (Wildman–Crippen MR) is 68.6 cm³/mol. The molecule has 11 nitrogen and oxygen atoms in total. The highest BCUT2D eigenvalue weighted by molar-refractivity contribution is 4.92. The van der Waals surface area contributed by atoms with Crippen molar-refractivity contribution in [2.24, 2.45) is 0 Å². The van der Waals surface area contributed by atoms with E-state index < -0.39 is 74.6 Å². The Morgan fingerprint density at radius 1 is 0.565 bits per heavy atom. The van der Waals surface area contributed by atoms with Gasteiger partial charge in [0.1, 0.15) is 48.8 Å². The van der Waals surface area contributed by atoms with Gasteiger partial charge in [0.15, 0.2) is 12.6 Å². The molecule has 5 unspecified atom stereocenters. The lowest BCUT2D eigenvalue weighted by molar-refractivity contribution is -0.376. The summed E-state index contributed by atoms with van der Waals surface area (Å²) in [7, 11) is 0. The monoisotopic (exact) mass is 342 g/mol. The number of ether oxygens (including phenoxy) is 3. The molecule has 136 valence electrons. The average molecular weight is 342 g/mol. The molecule has 0 aliphatic carbocycles. The van der Waals surface area contributed by atoms with Gasteiger partial charge in [0.2, 0.25) is 0 Å². The summed E-state index contributed by atoms with van der Waals surface area (Å²) >= 11 is 0. The van der Waals surface area contributed by atoms with E-state index in [0.717, 1.165) is 0 Å². The van der Waals surface area contributed by atoms with E-state index in [-0.39, 0.29) is 0 Å². The third-order valence-electron chi connectivity index (χ3n) is 3.97. The van der Waals surface area contributed by atoms with Crippen LogP contribution in [0.5, 0.6) is 0 Å². The van der Waals surface area contributed by atoms with Gasteiger partial charge in [0.05, 0.1) is 13.2 Å². The van der Waals surface area contributed by atoms with Gasteiger partial charge in [0.25, 0.3) is 0 Å². The van der Waals surface area contributed by atoms with Crippen molar-refractivity contribution in [1.29, 1.82) is 0 Å². The first-order valence-electron chi connectivity index (χ1n) is 7.08. The smallest absolute Gasteiger partial charge is 0.189 e. The summed E-state index contributed by atoms with van der Waals surface area (Å²) in [6.45, 7) is -1.33. The maximum atomic E-state index is 9.84. The highest BCUT2D eigenvalue weighted by Crippen LogP contribution is 2.27. The van der Waals surface area contributed by atoms with E-state index in [1.807, 2.05) is 0 Å². The van der Waals surface area contributed by atoms with Crippen LogP contribution in [0.15, 0.2) is 0 Å². The molecule has 0 aromatic rings. The highest BCUT2D eigenvalue weighted by atomic mass is 16.8. The molecule has 0 aromatic carbocycles. The molecule has 0 bridgehead atoms. The van der Waals surface area contributed by atoms with Crippen molar-refractivity contribution in [1.82, 2.24) is 0 Å². The van der Waals surface area contributed by atoms with Gasteiger partial charge in [-0.1, -0.05) is 0 Å². The first-order chi connectivity index (χ1) is 10.8. The van der Waals surface area contributed by atoms with Gasteiger partial charge in [-0.05, 0) is 0 Å². The lowest BCUT2D eigenvalue weighted by atomic mass is 9.98. The molecule has 0 radical (unpaired) electrons. The van der Waals surface area contributed by atoms with Gasteiger partial charge in [-0.25, -0.2) is 0 Å². The SMILES string of the molecule is OCC1OC(O[C@@H]2O[C@H](CO)[C@@H](O)[C@H](O)[C@H]2O)C(O)C(O)C1O. The largest absolute Gasteiger partial charge is 0.394 e. The molecular weight excluding hydrogens is 320 g/mol. The zero-order chi connectivity index (χ0) is 17.3. The van der Waals surface area contributed by atoms with E-state index >= 15 is 0 Å². The van der Waals surface area contributed by atoms with Crippen molar-refractivity contribution in [2.45, 2.75) is 61.4 Å². The second-order valence-corrected chi connectivity index (χ2v) is 5.53. The summed E-state index contributed by atoms with van der Waals surface area (Å²) in [5.41, 5.74) is 0. The molecule has 2 heterocycles. The van der Waals surface area contributed by atoms with E-state index in [9.17, 15) is 30.6 Å². The van der Waals surface area contributed by atoms with E-state index in [1.165, 1.54) is 0 Å². The summed E-state index contributed by atoms with van der Waals surface area (Å²) in [6.07, 6.45) is -15.6. The fourth-order valence-electron chi connectivity index (χ4n) is 2.49. The first kappa shape index (κ1) is 18.9. The molecule has 2 fully saturated rings. The first-order valence-corrected chi connectivity index (χ1v) is 7.08. The zero-order valence-electron chi connectivity index (χ0n) is 12.0. The molecule has 0 saturated carbocycles.